The monoisotopic (exact) mass is 263 g/mol. The summed E-state index contributed by atoms with van der Waals surface area (Å²) in [5.74, 6) is -0.0760. The quantitative estimate of drug-likeness (QED) is 0.909. The van der Waals surface area contributed by atoms with E-state index in [1.54, 1.807) is 4.68 Å². The first-order valence-electron chi connectivity index (χ1n) is 6.06. The molecule has 1 N–H and O–H groups in total. The van der Waals surface area contributed by atoms with Crippen molar-refractivity contribution in [2.75, 3.05) is 0 Å². The molecule has 19 heavy (non-hydrogen) atoms. The number of aliphatic carboxylic acids is 1. The van der Waals surface area contributed by atoms with E-state index >= 15 is 0 Å². The van der Waals surface area contributed by atoms with E-state index in [1.807, 2.05) is 27.7 Å². The highest BCUT2D eigenvalue weighted by molar-refractivity contribution is 5.70. The van der Waals surface area contributed by atoms with Crippen LogP contribution in [0.25, 0.3) is 0 Å². The van der Waals surface area contributed by atoms with Crippen molar-refractivity contribution in [3.05, 3.63) is 34.0 Å². The first-order chi connectivity index (χ1) is 8.90. The molecule has 0 aliphatic carbocycles. The maximum Gasteiger partial charge on any atom is 0.307 e. The summed E-state index contributed by atoms with van der Waals surface area (Å²) in [7, 11) is 0. The molecular weight excluding hydrogens is 246 g/mol. The number of aromatic nitrogens is 3. The zero-order valence-corrected chi connectivity index (χ0v) is 11.5. The highest BCUT2D eigenvalue weighted by Gasteiger charge is 2.17. The van der Waals surface area contributed by atoms with Crippen LogP contribution in [-0.2, 0) is 17.8 Å². The van der Waals surface area contributed by atoms with Gasteiger partial charge in [-0.05, 0) is 27.7 Å². The minimum atomic E-state index is -0.844. The van der Waals surface area contributed by atoms with Gasteiger partial charge in [-0.3, -0.25) is 9.48 Å². The molecule has 0 radical (unpaired) electrons. The van der Waals surface area contributed by atoms with Crippen molar-refractivity contribution in [3.8, 4) is 0 Å². The number of hydrogen-bond acceptors (Lipinski definition) is 4. The number of carboxylic acids is 1. The predicted molar refractivity (Wildman–Crippen MR) is 68.1 cm³/mol. The minimum Gasteiger partial charge on any atom is -0.481 e. The molecule has 6 heteroatoms. The second-order valence-electron chi connectivity index (χ2n) is 4.68. The molecule has 0 aliphatic heterocycles. The second-order valence-corrected chi connectivity index (χ2v) is 4.68. The van der Waals surface area contributed by atoms with Crippen LogP contribution >= 0.6 is 0 Å². The van der Waals surface area contributed by atoms with Gasteiger partial charge in [-0.25, -0.2) is 0 Å². The Kier molecular flexibility index (Phi) is 3.42. The van der Waals surface area contributed by atoms with Crippen molar-refractivity contribution in [1.29, 1.82) is 0 Å². The molecule has 0 bridgehead atoms. The molecule has 0 saturated carbocycles. The van der Waals surface area contributed by atoms with Crippen LogP contribution in [0.15, 0.2) is 4.52 Å². The Bertz CT molecular complexity index is 606. The Balaban J connectivity index is 2.34. The number of hydrogen-bond donors (Lipinski definition) is 1. The molecule has 0 aliphatic rings. The third-order valence-electron chi connectivity index (χ3n) is 3.35. The van der Waals surface area contributed by atoms with Crippen molar-refractivity contribution < 1.29 is 14.4 Å². The summed E-state index contributed by atoms with van der Waals surface area (Å²) in [5, 5.41) is 17.2. The first kappa shape index (κ1) is 13.3. The van der Waals surface area contributed by atoms with Gasteiger partial charge in [0, 0.05) is 16.8 Å². The number of carbonyl (C=O) groups is 1. The molecule has 0 unspecified atom stereocenters. The first-order valence-corrected chi connectivity index (χ1v) is 6.06. The van der Waals surface area contributed by atoms with Crippen LogP contribution in [0.5, 0.6) is 0 Å². The van der Waals surface area contributed by atoms with Gasteiger partial charge in [-0.1, -0.05) is 5.16 Å². The molecule has 2 aromatic heterocycles. The summed E-state index contributed by atoms with van der Waals surface area (Å²) in [6, 6.07) is 0. The molecule has 0 aromatic carbocycles. The van der Waals surface area contributed by atoms with Gasteiger partial charge in [0.1, 0.15) is 5.76 Å². The topological polar surface area (TPSA) is 81.2 Å². The lowest BCUT2D eigenvalue weighted by atomic mass is 10.1. The Morgan fingerprint density at radius 3 is 2.42 bits per heavy atom. The third kappa shape index (κ3) is 2.52. The summed E-state index contributed by atoms with van der Waals surface area (Å²) in [5.41, 5.74) is 4.24. The average Bonchev–Trinajstić information content (AvgIpc) is 2.77. The lowest BCUT2D eigenvalue weighted by molar-refractivity contribution is -0.136. The Morgan fingerprint density at radius 1 is 1.21 bits per heavy atom. The van der Waals surface area contributed by atoms with Gasteiger partial charge in [0.2, 0.25) is 0 Å². The molecule has 0 amide bonds. The maximum absolute atomic E-state index is 10.8. The van der Waals surface area contributed by atoms with E-state index in [-0.39, 0.29) is 6.42 Å². The molecule has 2 aromatic rings. The maximum atomic E-state index is 10.8. The smallest absolute Gasteiger partial charge is 0.307 e. The van der Waals surface area contributed by atoms with Gasteiger partial charge in [0.15, 0.2) is 0 Å². The zero-order chi connectivity index (χ0) is 14.2. The van der Waals surface area contributed by atoms with Crippen molar-refractivity contribution in [1.82, 2.24) is 14.9 Å². The van der Waals surface area contributed by atoms with Crippen LogP contribution in [0, 0.1) is 27.7 Å². The summed E-state index contributed by atoms with van der Waals surface area (Å²) in [4.78, 5) is 10.8. The lowest BCUT2D eigenvalue weighted by Gasteiger charge is -2.04. The fourth-order valence-corrected chi connectivity index (χ4v) is 2.17. The molecule has 0 spiro atoms. The molecular formula is C13H17N3O3. The SMILES string of the molecule is Cc1noc(C)c1Cn1nc(C)c(CC(=O)O)c1C. The van der Waals surface area contributed by atoms with Crippen LogP contribution < -0.4 is 0 Å². The zero-order valence-electron chi connectivity index (χ0n) is 11.5. The number of aryl methyl sites for hydroxylation is 3. The van der Waals surface area contributed by atoms with E-state index < -0.39 is 5.97 Å². The fourth-order valence-electron chi connectivity index (χ4n) is 2.17. The normalized spacial score (nSPS) is 10.9. The fraction of sp³-hybridized carbons (Fsp3) is 0.462. The van der Waals surface area contributed by atoms with Gasteiger partial charge in [0.25, 0.3) is 0 Å². The van der Waals surface area contributed by atoms with Crippen molar-refractivity contribution in [2.45, 2.75) is 40.7 Å². The van der Waals surface area contributed by atoms with Gasteiger partial charge >= 0.3 is 5.97 Å². The second kappa shape index (κ2) is 4.87. The third-order valence-corrected chi connectivity index (χ3v) is 3.35. The number of carboxylic acid groups (broad SMARTS) is 1. The van der Waals surface area contributed by atoms with E-state index in [2.05, 4.69) is 10.3 Å². The largest absolute Gasteiger partial charge is 0.481 e. The van der Waals surface area contributed by atoms with Crippen molar-refractivity contribution in [2.24, 2.45) is 0 Å². The standard InChI is InChI=1S/C13H17N3O3/c1-7-11(5-13(17)18)9(3)16(14-7)6-12-8(2)15-19-10(12)4/h5-6H2,1-4H3,(H,17,18). The summed E-state index contributed by atoms with van der Waals surface area (Å²) >= 11 is 0. The van der Waals surface area contributed by atoms with Crippen LogP contribution in [0.3, 0.4) is 0 Å². The molecule has 2 heterocycles. The average molecular weight is 263 g/mol. The molecule has 0 fully saturated rings. The predicted octanol–water partition coefficient (Wildman–Crippen LogP) is 1.78. The summed E-state index contributed by atoms with van der Waals surface area (Å²) in [6.45, 7) is 8.01. The van der Waals surface area contributed by atoms with E-state index in [9.17, 15) is 4.79 Å². The van der Waals surface area contributed by atoms with Crippen LogP contribution in [0.2, 0.25) is 0 Å². The highest BCUT2D eigenvalue weighted by Crippen LogP contribution is 2.18. The molecule has 102 valence electrons. The van der Waals surface area contributed by atoms with Gasteiger partial charge in [-0.2, -0.15) is 5.10 Å². The van der Waals surface area contributed by atoms with Gasteiger partial charge in [0.05, 0.1) is 24.4 Å². The van der Waals surface area contributed by atoms with Gasteiger partial charge in [-0.15, -0.1) is 0 Å². The van der Waals surface area contributed by atoms with Gasteiger partial charge < -0.3 is 9.63 Å². The van der Waals surface area contributed by atoms with Crippen molar-refractivity contribution in [3.63, 3.8) is 0 Å². The van der Waals surface area contributed by atoms with E-state index in [0.717, 1.165) is 34.0 Å². The minimum absolute atomic E-state index is 0.000726. The van der Waals surface area contributed by atoms with E-state index in [0.29, 0.717) is 6.54 Å². The Labute approximate surface area is 111 Å². The van der Waals surface area contributed by atoms with E-state index in [4.69, 9.17) is 9.63 Å². The molecule has 2 rings (SSSR count). The number of nitrogens with zero attached hydrogens (tertiary/aromatic N) is 3. The summed E-state index contributed by atoms with van der Waals surface area (Å²) < 4.78 is 6.93. The van der Waals surface area contributed by atoms with Crippen LogP contribution in [0.4, 0.5) is 0 Å². The highest BCUT2D eigenvalue weighted by atomic mass is 16.5. The number of rotatable bonds is 4. The molecule has 6 nitrogen and oxygen atoms in total. The Morgan fingerprint density at radius 2 is 1.89 bits per heavy atom. The van der Waals surface area contributed by atoms with Crippen molar-refractivity contribution >= 4 is 5.97 Å². The molecule has 0 atom stereocenters. The van der Waals surface area contributed by atoms with Crippen LogP contribution in [-0.4, -0.2) is 26.0 Å². The summed E-state index contributed by atoms with van der Waals surface area (Å²) in [6.07, 6.45) is -0.000726. The van der Waals surface area contributed by atoms with E-state index in [1.165, 1.54) is 0 Å². The van der Waals surface area contributed by atoms with Crippen LogP contribution in [0.1, 0.15) is 34.0 Å². The Hall–Kier alpha value is -2.11. The molecule has 0 saturated heterocycles. The lowest BCUT2D eigenvalue weighted by Crippen LogP contribution is -2.07.